The monoisotopic (exact) mass is 471 g/mol. The van der Waals surface area contributed by atoms with Crippen molar-refractivity contribution in [3.8, 4) is 11.1 Å². The highest BCUT2D eigenvalue weighted by molar-refractivity contribution is 5.93. The van der Waals surface area contributed by atoms with Gasteiger partial charge in [-0.3, -0.25) is 4.79 Å². The van der Waals surface area contributed by atoms with Crippen molar-refractivity contribution in [3.63, 3.8) is 0 Å². The Bertz CT molecular complexity index is 1200. The minimum absolute atomic E-state index is 0.0773. The third-order valence-electron chi connectivity index (χ3n) is 5.38. The first-order chi connectivity index (χ1) is 16.3. The van der Waals surface area contributed by atoms with Crippen molar-refractivity contribution in [3.05, 3.63) is 77.5 Å². The summed E-state index contributed by atoms with van der Waals surface area (Å²) >= 11 is 0. The molecular weight excluding hydrogens is 452 g/mol. The van der Waals surface area contributed by atoms with Gasteiger partial charge in [0.25, 0.3) is 5.91 Å². The maximum Gasteiger partial charge on any atom is 0.407 e. The van der Waals surface area contributed by atoms with Crippen LogP contribution in [0.15, 0.2) is 59.3 Å². The quantitative estimate of drug-likeness (QED) is 0.460. The Hall–Kier alpha value is -4.28. The number of halogens is 2. The molecule has 3 N–H and O–H groups in total. The largest absolute Gasteiger partial charge is 0.477 e. The summed E-state index contributed by atoms with van der Waals surface area (Å²) in [6.45, 7) is -1.64. The SMILES string of the molecule is O=C(NCc1ocnc1C(=O)NCC(F)(F)C(=O)O)OCC1c2ccccc2-c2ccccc21. The molecule has 0 spiro atoms. The third-order valence-corrected chi connectivity index (χ3v) is 5.38. The van der Waals surface area contributed by atoms with Crippen LogP contribution in [0.5, 0.6) is 0 Å². The second-order valence-electron chi connectivity index (χ2n) is 7.50. The van der Waals surface area contributed by atoms with Crippen LogP contribution in [0.25, 0.3) is 11.1 Å². The van der Waals surface area contributed by atoms with Gasteiger partial charge in [-0.1, -0.05) is 48.5 Å². The Balaban J connectivity index is 1.33. The van der Waals surface area contributed by atoms with Gasteiger partial charge >= 0.3 is 18.0 Å². The van der Waals surface area contributed by atoms with Crippen LogP contribution in [0.1, 0.15) is 33.3 Å². The fourth-order valence-electron chi connectivity index (χ4n) is 3.73. The number of alkyl halides is 2. The number of hydrogen-bond donors (Lipinski definition) is 3. The van der Waals surface area contributed by atoms with E-state index in [1.165, 1.54) is 0 Å². The lowest BCUT2D eigenvalue weighted by atomic mass is 9.98. The molecule has 176 valence electrons. The maximum absolute atomic E-state index is 13.2. The minimum Gasteiger partial charge on any atom is -0.477 e. The van der Waals surface area contributed by atoms with Crippen molar-refractivity contribution in [2.45, 2.75) is 18.4 Å². The molecule has 2 aromatic carbocycles. The number of carboxylic acids is 1. The van der Waals surface area contributed by atoms with Crippen LogP contribution >= 0.6 is 0 Å². The summed E-state index contributed by atoms with van der Waals surface area (Å²) in [5.74, 6) is -7.83. The molecule has 0 radical (unpaired) electrons. The number of amides is 2. The van der Waals surface area contributed by atoms with Gasteiger partial charge in [-0.05, 0) is 22.3 Å². The number of hydrogen-bond acceptors (Lipinski definition) is 6. The number of benzene rings is 2. The van der Waals surface area contributed by atoms with E-state index in [1.807, 2.05) is 48.5 Å². The molecule has 1 aliphatic rings. The second-order valence-corrected chi connectivity index (χ2v) is 7.50. The van der Waals surface area contributed by atoms with E-state index in [1.54, 1.807) is 5.32 Å². The number of alkyl carbamates (subject to hydrolysis) is 1. The molecule has 4 rings (SSSR count). The molecule has 0 saturated heterocycles. The zero-order chi connectivity index (χ0) is 24.3. The molecular formula is C23H19F2N3O6. The summed E-state index contributed by atoms with van der Waals surface area (Å²) in [6, 6.07) is 15.7. The molecule has 1 heterocycles. The molecule has 34 heavy (non-hydrogen) atoms. The topological polar surface area (TPSA) is 131 Å². The van der Waals surface area contributed by atoms with E-state index in [9.17, 15) is 23.2 Å². The van der Waals surface area contributed by atoms with Crippen molar-refractivity contribution in [1.82, 2.24) is 15.6 Å². The molecule has 1 aliphatic carbocycles. The number of fused-ring (bicyclic) bond motifs is 3. The number of ether oxygens (including phenoxy) is 1. The van der Waals surface area contributed by atoms with E-state index in [0.29, 0.717) is 0 Å². The van der Waals surface area contributed by atoms with Gasteiger partial charge < -0.3 is 24.9 Å². The van der Waals surface area contributed by atoms with Crippen LogP contribution in [-0.4, -0.2) is 47.1 Å². The van der Waals surface area contributed by atoms with Gasteiger partial charge in [0.05, 0.1) is 13.1 Å². The number of carbonyl (C=O) groups excluding carboxylic acids is 2. The number of carboxylic acid groups (broad SMARTS) is 1. The molecule has 0 unspecified atom stereocenters. The summed E-state index contributed by atoms with van der Waals surface area (Å²) in [6.07, 6.45) is 0.126. The summed E-state index contributed by atoms with van der Waals surface area (Å²) in [5, 5.41) is 12.6. The minimum atomic E-state index is -4.14. The summed E-state index contributed by atoms with van der Waals surface area (Å²) in [7, 11) is 0. The summed E-state index contributed by atoms with van der Waals surface area (Å²) in [5.41, 5.74) is 3.89. The molecule has 3 aromatic rings. The third kappa shape index (κ3) is 4.58. The van der Waals surface area contributed by atoms with Crippen molar-refractivity contribution < 1.29 is 37.4 Å². The first-order valence-corrected chi connectivity index (χ1v) is 10.2. The molecule has 0 saturated carbocycles. The van der Waals surface area contributed by atoms with E-state index in [4.69, 9.17) is 14.3 Å². The number of nitrogens with one attached hydrogen (secondary N) is 2. The lowest BCUT2D eigenvalue weighted by molar-refractivity contribution is -0.163. The van der Waals surface area contributed by atoms with Crippen LogP contribution in [0.3, 0.4) is 0 Å². The van der Waals surface area contributed by atoms with Crippen LogP contribution in [0, 0.1) is 0 Å². The Labute approximate surface area is 191 Å². The highest BCUT2D eigenvalue weighted by atomic mass is 19.3. The van der Waals surface area contributed by atoms with E-state index in [2.05, 4.69) is 10.3 Å². The van der Waals surface area contributed by atoms with Crippen molar-refractivity contribution in [2.24, 2.45) is 0 Å². The first-order valence-electron chi connectivity index (χ1n) is 10.2. The van der Waals surface area contributed by atoms with Crippen LogP contribution in [-0.2, 0) is 16.1 Å². The molecule has 11 heteroatoms. The Morgan fingerprint density at radius 2 is 1.65 bits per heavy atom. The summed E-state index contributed by atoms with van der Waals surface area (Å²) < 4.78 is 36.8. The molecule has 9 nitrogen and oxygen atoms in total. The number of aromatic nitrogens is 1. The lowest BCUT2D eigenvalue weighted by Crippen LogP contribution is -2.42. The highest BCUT2D eigenvalue weighted by Gasteiger charge is 2.39. The van der Waals surface area contributed by atoms with Gasteiger partial charge in [0, 0.05) is 5.92 Å². The Kier molecular flexibility index (Phi) is 6.26. The zero-order valence-electron chi connectivity index (χ0n) is 17.6. The second kappa shape index (κ2) is 9.30. The average Bonchev–Trinajstić information content (AvgIpc) is 3.42. The summed E-state index contributed by atoms with van der Waals surface area (Å²) in [4.78, 5) is 38.4. The smallest absolute Gasteiger partial charge is 0.407 e. The average molecular weight is 471 g/mol. The molecule has 2 amide bonds. The highest BCUT2D eigenvalue weighted by Crippen LogP contribution is 2.44. The van der Waals surface area contributed by atoms with Crippen LogP contribution < -0.4 is 10.6 Å². The first kappa shape index (κ1) is 22.9. The molecule has 0 aliphatic heterocycles. The fraction of sp³-hybridized carbons (Fsp3) is 0.217. The molecule has 0 bridgehead atoms. The maximum atomic E-state index is 13.2. The van der Waals surface area contributed by atoms with Gasteiger partial charge in [-0.25, -0.2) is 14.6 Å². The predicted octanol–water partition coefficient (Wildman–Crippen LogP) is 3.16. The van der Waals surface area contributed by atoms with Gasteiger partial charge in [-0.15, -0.1) is 0 Å². The molecule has 0 atom stereocenters. The van der Waals surface area contributed by atoms with Crippen molar-refractivity contribution in [2.75, 3.05) is 13.2 Å². The van der Waals surface area contributed by atoms with Gasteiger partial charge in [0.1, 0.15) is 6.61 Å². The van der Waals surface area contributed by atoms with E-state index in [0.717, 1.165) is 28.6 Å². The Morgan fingerprint density at radius 3 is 2.26 bits per heavy atom. The van der Waals surface area contributed by atoms with Crippen molar-refractivity contribution >= 4 is 18.0 Å². The van der Waals surface area contributed by atoms with E-state index in [-0.39, 0.29) is 30.5 Å². The van der Waals surface area contributed by atoms with Gasteiger partial charge in [-0.2, -0.15) is 8.78 Å². The number of rotatable bonds is 8. The number of nitrogens with zero attached hydrogens (tertiary/aromatic N) is 1. The molecule has 1 aromatic heterocycles. The zero-order valence-corrected chi connectivity index (χ0v) is 17.6. The standard InChI is InChI=1S/C23H19F2N3O6/c24-23(25,21(30)31)11-27-20(29)19-18(34-12-28-19)9-26-22(32)33-10-17-15-7-3-1-5-13(15)14-6-2-4-8-16(14)17/h1-8,12,17H,9-11H2,(H,26,32)(H,27,29)(H,30,31). The van der Waals surface area contributed by atoms with Crippen LogP contribution in [0.2, 0.25) is 0 Å². The van der Waals surface area contributed by atoms with Gasteiger partial charge in [0.2, 0.25) is 0 Å². The van der Waals surface area contributed by atoms with E-state index < -0.39 is 30.4 Å². The van der Waals surface area contributed by atoms with Crippen LogP contribution in [0.4, 0.5) is 13.6 Å². The number of oxazole rings is 1. The molecule has 0 fully saturated rings. The lowest BCUT2D eigenvalue weighted by Gasteiger charge is -2.14. The number of carbonyl (C=O) groups is 3. The van der Waals surface area contributed by atoms with E-state index >= 15 is 0 Å². The predicted molar refractivity (Wildman–Crippen MR) is 113 cm³/mol. The fourth-order valence-corrected chi connectivity index (χ4v) is 3.73. The van der Waals surface area contributed by atoms with Crippen molar-refractivity contribution in [1.29, 1.82) is 0 Å². The Morgan fingerprint density at radius 1 is 1.03 bits per heavy atom. The van der Waals surface area contributed by atoms with Gasteiger partial charge in [0.15, 0.2) is 17.8 Å². The number of aliphatic carboxylic acids is 1. The normalized spacial score (nSPS) is 12.5.